The molecule has 0 aliphatic carbocycles. The number of hydrogen-bond donors (Lipinski definition) is 2. The molecule has 0 spiro atoms. The zero-order valence-electron chi connectivity index (χ0n) is 11.1. The van der Waals surface area contributed by atoms with E-state index in [2.05, 4.69) is 12.2 Å². The minimum Gasteiger partial charge on any atom is -0.464 e. The van der Waals surface area contributed by atoms with Gasteiger partial charge in [-0.25, -0.2) is 0 Å². The van der Waals surface area contributed by atoms with Crippen LogP contribution in [0.4, 0.5) is 0 Å². The molecule has 2 unspecified atom stereocenters. The van der Waals surface area contributed by atoms with Crippen LogP contribution in [0.5, 0.6) is 0 Å². The Hall–Kier alpha value is -0.450. The van der Waals surface area contributed by atoms with Gasteiger partial charge >= 0.3 is 0 Å². The summed E-state index contributed by atoms with van der Waals surface area (Å²) in [6.45, 7) is 6.54. The smallest absolute Gasteiger partial charge is 0.120 e. The molecule has 0 aromatic carbocycles. The van der Waals surface area contributed by atoms with E-state index in [0.717, 1.165) is 23.7 Å². The van der Waals surface area contributed by atoms with Gasteiger partial charge in [0.2, 0.25) is 0 Å². The topological polar surface area (TPSA) is 45.4 Å². The molecule has 0 fully saturated rings. The first kappa shape index (κ1) is 14.6. The van der Waals surface area contributed by atoms with Gasteiger partial charge < -0.3 is 14.8 Å². The Morgan fingerprint density at radius 2 is 2.24 bits per heavy atom. The molecule has 0 saturated carbocycles. The second kappa shape index (κ2) is 6.47. The van der Waals surface area contributed by atoms with Crippen LogP contribution in [-0.4, -0.2) is 29.3 Å². The quantitative estimate of drug-likeness (QED) is 0.788. The van der Waals surface area contributed by atoms with E-state index in [1.807, 2.05) is 32.2 Å². The van der Waals surface area contributed by atoms with E-state index in [9.17, 15) is 5.11 Å². The van der Waals surface area contributed by atoms with E-state index in [1.165, 1.54) is 0 Å². The van der Waals surface area contributed by atoms with Crippen LogP contribution in [0.15, 0.2) is 16.5 Å². The van der Waals surface area contributed by atoms with E-state index in [-0.39, 0.29) is 6.04 Å². The summed E-state index contributed by atoms with van der Waals surface area (Å²) < 4.78 is 5.67. The second-order valence-electron chi connectivity index (χ2n) is 4.69. The summed E-state index contributed by atoms with van der Waals surface area (Å²) in [6.07, 6.45) is 2.91. The summed E-state index contributed by atoms with van der Waals surface area (Å²) in [5.74, 6) is 2.66. The van der Waals surface area contributed by atoms with Crippen LogP contribution in [0, 0.1) is 0 Å². The van der Waals surface area contributed by atoms with E-state index in [0.29, 0.717) is 6.54 Å². The molecule has 0 aliphatic rings. The maximum atomic E-state index is 10.0. The highest BCUT2D eigenvalue weighted by atomic mass is 32.2. The monoisotopic (exact) mass is 257 g/mol. The van der Waals surface area contributed by atoms with Crippen molar-refractivity contribution in [2.24, 2.45) is 0 Å². The molecular weight excluding hydrogens is 234 g/mol. The van der Waals surface area contributed by atoms with Crippen molar-refractivity contribution in [3.63, 3.8) is 0 Å². The standard InChI is InChI=1S/C13H23NO2S/c1-5-11-6-7-12(16-11)10(2)14-8-13(3,15)9-17-4/h6-7,10,14-15H,5,8-9H2,1-4H3. The number of nitrogens with one attached hydrogen (secondary N) is 1. The Morgan fingerprint density at radius 3 is 2.76 bits per heavy atom. The first-order chi connectivity index (χ1) is 7.98. The van der Waals surface area contributed by atoms with Gasteiger partial charge in [-0.1, -0.05) is 6.92 Å². The predicted octanol–water partition coefficient (Wildman–Crippen LogP) is 2.61. The van der Waals surface area contributed by atoms with Gasteiger partial charge in [0, 0.05) is 18.7 Å². The minimum absolute atomic E-state index is 0.128. The van der Waals surface area contributed by atoms with Crippen molar-refractivity contribution in [1.29, 1.82) is 0 Å². The maximum Gasteiger partial charge on any atom is 0.120 e. The summed E-state index contributed by atoms with van der Waals surface area (Å²) in [5, 5.41) is 13.4. The molecular formula is C13H23NO2S. The van der Waals surface area contributed by atoms with Crippen molar-refractivity contribution in [2.75, 3.05) is 18.6 Å². The SMILES string of the molecule is CCc1ccc(C(C)NCC(C)(O)CSC)o1. The minimum atomic E-state index is -0.673. The average molecular weight is 257 g/mol. The molecule has 3 nitrogen and oxygen atoms in total. The lowest BCUT2D eigenvalue weighted by Crippen LogP contribution is -2.40. The Bertz CT molecular complexity index is 336. The highest BCUT2D eigenvalue weighted by Gasteiger charge is 2.21. The first-order valence-electron chi connectivity index (χ1n) is 6.02. The third kappa shape index (κ3) is 4.74. The van der Waals surface area contributed by atoms with Gasteiger partial charge in [-0.05, 0) is 32.2 Å². The van der Waals surface area contributed by atoms with Gasteiger partial charge in [-0.2, -0.15) is 11.8 Å². The number of hydrogen-bond acceptors (Lipinski definition) is 4. The van der Waals surface area contributed by atoms with Crippen molar-refractivity contribution in [2.45, 2.75) is 38.8 Å². The fourth-order valence-electron chi connectivity index (χ4n) is 1.65. The lowest BCUT2D eigenvalue weighted by molar-refractivity contribution is 0.0812. The number of aliphatic hydroxyl groups is 1. The van der Waals surface area contributed by atoms with Crippen molar-refractivity contribution in [3.05, 3.63) is 23.7 Å². The van der Waals surface area contributed by atoms with Crippen LogP contribution in [-0.2, 0) is 6.42 Å². The van der Waals surface area contributed by atoms with Crippen LogP contribution >= 0.6 is 11.8 Å². The van der Waals surface area contributed by atoms with E-state index in [4.69, 9.17) is 4.42 Å². The predicted molar refractivity (Wildman–Crippen MR) is 73.5 cm³/mol. The second-order valence-corrected chi connectivity index (χ2v) is 5.56. The first-order valence-corrected chi connectivity index (χ1v) is 7.41. The van der Waals surface area contributed by atoms with Crippen LogP contribution in [0.3, 0.4) is 0 Å². The van der Waals surface area contributed by atoms with Gasteiger partial charge in [0.15, 0.2) is 0 Å². The Morgan fingerprint density at radius 1 is 1.53 bits per heavy atom. The summed E-state index contributed by atoms with van der Waals surface area (Å²) in [4.78, 5) is 0. The van der Waals surface area contributed by atoms with E-state index < -0.39 is 5.60 Å². The van der Waals surface area contributed by atoms with Crippen LogP contribution in [0.1, 0.15) is 38.3 Å². The van der Waals surface area contributed by atoms with Gasteiger partial charge in [0.25, 0.3) is 0 Å². The largest absolute Gasteiger partial charge is 0.464 e. The molecule has 2 N–H and O–H groups in total. The van der Waals surface area contributed by atoms with Crippen LogP contribution in [0.2, 0.25) is 0 Å². The molecule has 17 heavy (non-hydrogen) atoms. The lowest BCUT2D eigenvalue weighted by atomic mass is 10.1. The Kier molecular flexibility index (Phi) is 5.56. The number of thioether (sulfide) groups is 1. The zero-order chi connectivity index (χ0) is 12.9. The molecule has 0 bridgehead atoms. The highest BCUT2D eigenvalue weighted by Crippen LogP contribution is 2.18. The number of aryl methyl sites for hydroxylation is 1. The molecule has 2 atom stereocenters. The average Bonchev–Trinajstić information content (AvgIpc) is 2.74. The van der Waals surface area contributed by atoms with Crippen LogP contribution in [0.25, 0.3) is 0 Å². The van der Waals surface area contributed by atoms with Gasteiger partial charge in [0.1, 0.15) is 11.5 Å². The Labute approximate surface area is 108 Å². The molecule has 1 rings (SSSR count). The molecule has 1 aromatic rings. The van der Waals surface area contributed by atoms with Crippen molar-refractivity contribution in [3.8, 4) is 0 Å². The van der Waals surface area contributed by atoms with Crippen molar-refractivity contribution in [1.82, 2.24) is 5.32 Å². The van der Waals surface area contributed by atoms with Gasteiger partial charge in [0.05, 0.1) is 11.6 Å². The zero-order valence-corrected chi connectivity index (χ0v) is 11.9. The lowest BCUT2D eigenvalue weighted by Gasteiger charge is -2.24. The molecule has 0 saturated heterocycles. The fraction of sp³-hybridized carbons (Fsp3) is 0.692. The summed E-state index contributed by atoms with van der Waals surface area (Å²) in [5.41, 5.74) is -0.673. The molecule has 0 radical (unpaired) electrons. The normalized spacial score (nSPS) is 16.8. The fourth-order valence-corrected chi connectivity index (χ4v) is 2.38. The number of rotatable bonds is 7. The summed E-state index contributed by atoms with van der Waals surface area (Å²) in [7, 11) is 0. The van der Waals surface area contributed by atoms with E-state index in [1.54, 1.807) is 11.8 Å². The summed E-state index contributed by atoms with van der Waals surface area (Å²) in [6, 6.07) is 4.14. The molecule has 1 aromatic heterocycles. The maximum absolute atomic E-state index is 10.0. The Balaban J connectivity index is 2.46. The number of furan rings is 1. The van der Waals surface area contributed by atoms with Gasteiger partial charge in [-0.15, -0.1) is 0 Å². The summed E-state index contributed by atoms with van der Waals surface area (Å²) >= 11 is 1.65. The highest BCUT2D eigenvalue weighted by molar-refractivity contribution is 7.98. The van der Waals surface area contributed by atoms with Crippen molar-refractivity contribution < 1.29 is 9.52 Å². The molecule has 0 amide bonds. The third-order valence-electron chi connectivity index (χ3n) is 2.70. The third-order valence-corrected chi connectivity index (χ3v) is 3.61. The van der Waals surface area contributed by atoms with Crippen molar-refractivity contribution >= 4 is 11.8 Å². The molecule has 1 heterocycles. The molecule has 4 heteroatoms. The van der Waals surface area contributed by atoms with E-state index >= 15 is 0 Å². The van der Waals surface area contributed by atoms with Crippen LogP contribution < -0.4 is 5.32 Å². The molecule has 0 aliphatic heterocycles. The van der Waals surface area contributed by atoms with Gasteiger partial charge in [-0.3, -0.25) is 0 Å². The molecule has 98 valence electrons.